The summed E-state index contributed by atoms with van der Waals surface area (Å²) < 4.78 is 10.7. The number of carbonyl (C=O) groups excluding carboxylic acids is 2. The van der Waals surface area contributed by atoms with E-state index in [2.05, 4.69) is 10.2 Å². The van der Waals surface area contributed by atoms with Gasteiger partial charge in [0.25, 0.3) is 5.91 Å². The Bertz CT molecular complexity index is 892. The van der Waals surface area contributed by atoms with Crippen LogP contribution >= 0.6 is 0 Å². The summed E-state index contributed by atoms with van der Waals surface area (Å²) in [5.74, 6) is 1.11. The average molecular weight is 412 g/mol. The van der Waals surface area contributed by atoms with Gasteiger partial charge in [-0.1, -0.05) is 18.2 Å². The first-order valence-corrected chi connectivity index (χ1v) is 10.1. The summed E-state index contributed by atoms with van der Waals surface area (Å²) in [6.07, 6.45) is 0.845. The van der Waals surface area contributed by atoms with Crippen LogP contribution in [0.2, 0.25) is 0 Å². The summed E-state index contributed by atoms with van der Waals surface area (Å²) in [6.45, 7) is 3.10. The van der Waals surface area contributed by atoms with Crippen molar-refractivity contribution in [3.8, 4) is 11.5 Å². The maximum absolute atomic E-state index is 12.9. The van der Waals surface area contributed by atoms with Gasteiger partial charge in [0.2, 0.25) is 5.91 Å². The van der Waals surface area contributed by atoms with Crippen molar-refractivity contribution < 1.29 is 19.1 Å². The number of para-hydroxylation sites is 1. The van der Waals surface area contributed by atoms with Gasteiger partial charge in [-0.3, -0.25) is 9.59 Å². The molecule has 1 fully saturated rings. The molecule has 160 valence electrons. The fourth-order valence-corrected chi connectivity index (χ4v) is 3.50. The van der Waals surface area contributed by atoms with Gasteiger partial charge in [-0.25, -0.2) is 0 Å². The molecule has 0 aromatic heterocycles. The number of hydrogen-bond donors (Lipinski definition) is 1. The monoisotopic (exact) mass is 411 g/mol. The molecule has 7 heteroatoms. The van der Waals surface area contributed by atoms with Gasteiger partial charge < -0.3 is 24.6 Å². The molecule has 0 saturated carbocycles. The lowest BCUT2D eigenvalue weighted by Crippen LogP contribution is -2.47. The Kier molecular flexibility index (Phi) is 7.30. The first-order valence-electron chi connectivity index (χ1n) is 10.1. The fraction of sp³-hybridized carbons (Fsp3) is 0.391. The Labute approximate surface area is 177 Å². The molecule has 2 aromatic carbocycles. The summed E-state index contributed by atoms with van der Waals surface area (Å²) in [5, 5.41) is 2.89. The lowest BCUT2D eigenvalue weighted by atomic mass is 10.1. The van der Waals surface area contributed by atoms with Crippen molar-refractivity contribution in [3.63, 3.8) is 0 Å². The highest BCUT2D eigenvalue weighted by Crippen LogP contribution is 2.27. The van der Waals surface area contributed by atoms with E-state index in [1.807, 2.05) is 36.2 Å². The Hall–Kier alpha value is -3.06. The third kappa shape index (κ3) is 5.30. The zero-order valence-corrected chi connectivity index (χ0v) is 17.8. The quantitative estimate of drug-likeness (QED) is 0.759. The molecule has 1 aliphatic heterocycles. The van der Waals surface area contributed by atoms with Crippen molar-refractivity contribution in [2.45, 2.75) is 12.8 Å². The smallest absolute Gasteiger partial charge is 0.254 e. The van der Waals surface area contributed by atoms with Gasteiger partial charge in [0.15, 0.2) is 0 Å². The molecule has 0 unspecified atom stereocenters. The molecule has 1 N–H and O–H groups in total. The number of amides is 2. The standard InChI is InChI=1S/C23H29N3O4/c1-25-12-14-26(15-13-25)23(28)18-8-10-21(30-3)19(16-18)24-22(27)11-9-17-6-4-5-7-20(17)29-2/h4-8,10,16H,9,11-15H2,1-3H3,(H,24,27). The predicted octanol–water partition coefficient (Wildman–Crippen LogP) is 2.66. The first kappa shape index (κ1) is 21.6. The van der Waals surface area contributed by atoms with E-state index in [4.69, 9.17) is 9.47 Å². The maximum atomic E-state index is 12.9. The molecule has 1 aliphatic rings. The average Bonchev–Trinajstić information content (AvgIpc) is 2.78. The summed E-state index contributed by atoms with van der Waals surface area (Å²) in [5.41, 5.74) is 2.02. The van der Waals surface area contributed by atoms with Crippen molar-refractivity contribution in [1.29, 1.82) is 0 Å². The van der Waals surface area contributed by atoms with Crippen molar-refractivity contribution in [3.05, 3.63) is 53.6 Å². The number of carbonyl (C=O) groups is 2. The number of piperazine rings is 1. The van der Waals surface area contributed by atoms with Crippen molar-refractivity contribution >= 4 is 17.5 Å². The first-order chi connectivity index (χ1) is 14.5. The summed E-state index contributed by atoms with van der Waals surface area (Å²) in [6, 6.07) is 12.8. The number of nitrogens with zero attached hydrogens (tertiary/aromatic N) is 2. The maximum Gasteiger partial charge on any atom is 0.254 e. The predicted molar refractivity (Wildman–Crippen MR) is 116 cm³/mol. The van der Waals surface area contributed by atoms with E-state index in [-0.39, 0.29) is 11.8 Å². The number of ether oxygens (including phenoxy) is 2. The zero-order chi connectivity index (χ0) is 21.5. The van der Waals surface area contributed by atoms with Gasteiger partial charge in [0.05, 0.1) is 19.9 Å². The Morgan fingerprint density at radius 2 is 1.67 bits per heavy atom. The lowest BCUT2D eigenvalue weighted by Gasteiger charge is -2.32. The molecule has 1 heterocycles. The number of methoxy groups -OCH3 is 2. The van der Waals surface area contributed by atoms with E-state index in [1.54, 1.807) is 32.4 Å². The topological polar surface area (TPSA) is 71.1 Å². The number of aryl methyl sites for hydroxylation is 1. The Morgan fingerprint density at radius 1 is 0.967 bits per heavy atom. The number of anilines is 1. The molecule has 2 aromatic rings. The van der Waals surface area contributed by atoms with Crippen LogP contribution in [0.3, 0.4) is 0 Å². The second-order valence-corrected chi connectivity index (χ2v) is 7.37. The van der Waals surface area contributed by atoms with Crippen LogP contribution in [0.5, 0.6) is 11.5 Å². The van der Waals surface area contributed by atoms with E-state index in [1.165, 1.54) is 0 Å². The van der Waals surface area contributed by atoms with Crippen LogP contribution in [0.1, 0.15) is 22.3 Å². The molecule has 0 bridgehead atoms. The Morgan fingerprint density at radius 3 is 2.37 bits per heavy atom. The third-order valence-corrected chi connectivity index (χ3v) is 5.32. The summed E-state index contributed by atoms with van der Waals surface area (Å²) >= 11 is 0. The van der Waals surface area contributed by atoms with Gasteiger partial charge in [-0.15, -0.1) is 0 Å². The number of rotatable bonds is 7. The van der Waals surface area contributed by atoms with E-state index < -0.39 is 0 Å². The number of benzene rings is 2. The number of likely N-dealkylation sites (N-methyl/N-ethyl adjacent to an activating group) is 1. The van der Waals surface area contributed by atoms with Gasteiger partial charge in [0.1, 0.15) is 11.5 Å². The van der Waals surface area contributed by atoms with Crippen LogP contribution < -0.4 is 14.8 Å². The van der Waals surface area contributed by atoms with Gasteiger partial charge in [-0.05, 0) is 43.3 Å². The number of hydrogen-bond acceptors (Lipinski definition) is 5. The fourth-order valence-electron chi connectivity index (χ4n) is 3.50. The molecule has 1 saturated heterocycles. The van der Waals surface area contributed by atoms with Crippen LogP contribution in [-0.4, -0.2) is 69.1 Å². The van der Waals surface area contributed by atoms with Crippen LogP contribution in [0, 0.1) is 0 Å². The van der Waals surface area contributed by atoms with E-state index >= 15 is 0 Å². The molecular weight excluding hydrogens is 382 g/mol. The van der Waals surface area contributed by atoms with Gasteiger partial charge >= 0.3 is 0 Å². The molecule has 0 aliphatic carbocycles. The minimum absolute atomic E-state index is 0.0322. The molecule has 7 nitrogen and oxygen atoms in total. The van der Waals surface area contributed by atoms with Crippen molar-refractivity contribution in [2.75, 3.05) is 52.8 Å². The lowest BCUT2D eigenvalue weighted by molar-refractivity contribution is -0.116. The summed E-state index contributed by atoms with van der Waals surface area (Å²) in [7, 11) is 5.21. The highest BCUT2D eigenvalue weighted by Gasteiger charge is 2.21. The van der Waals surface area contributed by atoms with E-state index in [0.717, 1.165) is 24.4 Å². The van der Waals surface area contributed by atoms with E-state index in [9.17, 15) is 9.59 Å². The SMILES string of the molecule is COc1ccccc1CCC(=O)Nc1cc(C(=O)N2CCN(C)CC2)ccc1OC. The van der Waals surface area contributed by atoms with Gasteiger partial charge in [0, 0.05) is 38.2 Å². The third-order valence-electron chi connectivity index (χ3n) is 5.32. The van der Waals surface area contributed by atoms with Crippen LogP contribution in [0.4, 0.5) is 5.69 Å². The molecular formula is C23H29N3O4. The largest absolute Gasteiger partial charge is 0.496 e. The molecule has 0 radical (unpaired) electrons. The van der Waals surface area contributed by atoms with Crippen LogP contribution in [-0.2, 0) is 11.2 Å². The van der Waals surface area contributed by atoms with E-state index in [0.29, 0.717) is 42.9 Å². The zero-order valence-electron chi connectivity index (χ0n) is 17.8. The van der Waals surface area contributed by atoms with Crippen molar-refractivity contribution in [2.24, 2.45) is 0 Å². The molecule has 2 amide bonds. The number of nitrogens with one attached hydrogen (secondary N) is 1. The highest BCUT2D eigenvalue weighted by atomic mass is 16.5. The normalized spacial score (nSPS) is 14.3. The highest BCUT2D eigenvalue weighted by molar-refractivity contribution is 5.98. The minimum Gasteiger partial charge on any atom is -0.496 e. The van der Waals surface area contributed by atoms with Crippen LogP contribution in [0.15, 0.2) is 42.5 Å². The Balaban J connectivity index is 1.67. The second kappa shape index (κ2) is 10.1. The van der Waals surface area contributed by atoms with Gasteiger partial charge in [-0.2, -0.15) is 0 Å². The van der Waals surface area contributed by atoms with Crippen LogP contribution in [0.25, 0.3) is 0 Å². The second-order valence-electron chi connectivity index (χ2n) is 7.37. The molecule has 0 spiro atoms. The molecule has 0 atom stereocenters. The van der Waals surface area contributed by atoms with Crippen molar-refractivity contribution in [1.82, 2.24) is 9.80 Å². The molecule has 3 rings (SSSR count). The summed E-state index contributed by atoms with van der Waals surface area (Å²) in [4.78, 5) is 29.5. The molecule has 30 heavy (non-hydrogen) atoms. The minimum atomic E-state index is -0.150.